The summed E-state index contributed by atoms with van der Waals surface area (Å²) in [6.07, 6.45) is 4.39. The van der Waals surface area contributed by atoms with E-state index in [1.807, 2.05) is 0 Å². The fourth-order valence-corrected chi connectivity index (χ4v) is 4.19. The van der Waals surface area contributed by atoms with Gasteiger partial charge in [-0.2, -0.15) is 0 Å². The molecular formula is C18H26BrN3O. The van der Waals surface area contributed by atoms with Crippen LogP contribution in [-0.4, -0.2) is 32.1 Å². The molecule has 2 aliphatic rings. The summed E-state index contributed by atoms with van der Waals surface area (Å²) in [5.41, 5.74) is 7.05. The lowest BCUT2D eigenvalue weighted by Crippen LogP contribution is -2.38. The average Bonchev–Trinajstić information content (AvgIpc) is 3.22. The summed E-state index contributed by atoms with van der Waals surface area (Å²) in [5, 5.41) is 3.18. The molecule has 3 N–H and O–H groups in total. The monoisotopic (exact) mass is 379 g/mol. The van der Waals surface area contributed by atoms with Crippen LogP contribution in [0.15, 0.2) is 28.7 Å². The number of rotatable bonds is 5. The fraction of sp³-hybridized carbons (Fsp3) is 0.611. The predicted molar refractivity (Wildman–Crippen MR) is 97.4 cm³/mol. The summed E-state index contributed by atoms with van der Waals surface area (Å²) < 4.78 is 1.11. The molecule has 0 radical (unpaired) electrons. The van der Waals surface area contributed by atoms with Gasteiger partial charge >= 0.3 is 0 Å². The first-order valence-electron chi connectivity index (χ1n) is 8.65. The van der Waals surface area contributed by atoms with Crippen molar-refractivity contribution in [2.24, 2.45) is 23.5 Å². The number of hydrogen-bond acceptors (Lipinski definition) is 3. The molecule has 1 saturated carbocycles. The molecule has 0 aromatic heterocycles. The number of hydrogen-bond donors (Lipinski definition) is 2. The van der Waals surface area contributed by atoms with Crippen LogP contribution in [0.25, 0.3) is 0 Å². The summed E-state index contributed by atoms with van der Waals surface area (Å²) in [6, 6.07) is 8.46. The molecule has 1 aromatic carbocycles. The minimum atomic E-state index is 0.143. The molecule has 0 spiro atoms. The van der Waals surface area contributed by atoms with Gasteiger partial charge in [0.15, 0.2) is 0 Å². The molecule has 1 saturated heterocycles. The summed E-state index contributed by atoms with van der Waals surface area (Å²) in [4.78, 5) is 14.8. The van der Waals surface area contributed by atoms with Gasteiger partial charge in [0.05, 0.1) is 0 Å². The van der Waals surface area contributed by atoms with Crippen molar-refractivity contribution in [3.05, 3.63) is 28.7 Å². The van der Waals surface area contributed by atoms with E-state index >= 15 is 0 Å². The third-order valence-electron chi connectivity index (χ3n) is 5.34. The third-order valence-corrected chi connectivity index (χ3v) is 5.87. The molecular weight excluding hydrogens is 354 g/mol. The van der Waals surface area contributed by atoms with Gasteiger partial charge in [0.2, 0.25) is 5.91 Å². The molecule has 23 heavy (non-hydrogen) atoms. The molecule has 3 rings (SSSR count). The molecule has 2 fully saturated rings. The lowest BCUT2D eigenvalue weighted by Gasteiger charge is -2.20. The van der Waals surface area contributed by atoms with Crippen LogP contribution >= 0.6 is 15.9 Å². The Hall–Kier alpha value is -1.07. The summed E-state index contributed by atoms with van der Waals surface area (Å²) >= 11 is 3.47. The lowest BCUT2D eigenvalue weighted by atomic mass is 9.95. The first kappa shape index (κ1) is 16.8. The van der Waals surface area contributed by atoms with E-state index in [9.17, 15) is 4.79 Å². The van der Waals surface area contributed by atoms with Gasteiger partial charge in [0.25, 0.3) is 0 Å². The van der Waals surface area contributed by atoms with E-state index in [0.717, 1.165) is 49.8 Å². The van der Waals surface area contributed by atoms with Crippen LogP contribution in [0, 0.1) is 17.8 Å². The first-order valence-corrected chi connectivity index (χ1v) is 9.45. The predicted octanol–water partition coefficient (Wildman–Crippen LogP) is 2.77. The quantitative estimate of drug-likeness (QED) is 0.826. The Morgan fingerprint density at radius 1 is 1.26 bits per heavy atom. The number of nitrogens with zero attached hydrogens (tertiary/aromatic N) is 1. The van der Waals surface area contributed by atoms with Crippen LogP contribution in [-0.2, 0) is 4.79 Å². The summed E-state index contributed by atoms with van der Waals surface area (Å²) in [7, 11) is 0. The SMILES string of the molecule is NC[C@H]1CCC[C@H]1C(=O)NCC1CCN(c2ccc(Br)cc2)C1. The van der Waals surface area contributed by atoms with Crippen LogP contribution < -0.4 is 16.0 Å². The molecule has 0 bridgehead atoms. The number of nitrogens with one attached hydrogen (secondary N) is 1. The van der Waals surface area contributed by atoms with E-state index in [4.69, 9.17) is 5.73 Å². The van der Waals surface area contributed by atoms with Crippen LogP contribution in [0.4, 0.5) is 5.69 Å². The van der Waals surface area contributed by atoms with E-state index in [0.29, 0.717) is 18.4 Å². The van der Waals surface area contributed by atoms with Crippen LogP contribution in [0.5, 0.6) is 0 Å². The zero-order chi connectivity index (χ0) is 16.2. The van der Waals surface area contributed by atoms with E-state index in [1.54, 1.807) is 0 Å². The lowest BCUT2D eigenvalue weighted by molar-refractivity contribution is -0.126. The molecule has 126 valence electrons. The standard InChI is InChI=1S/C18H26BrN3O/c19-15-4-6-16(7-5-15)22-9-8-13(12-22)11-21-18(23)17-3-1-2-14(17)10-20/h4-7,13-14,17H,1-3,8-12,20H2,(H,21,23)/t13?,14-,17-/m1/s1. The van der Waals surface area contributed by atoms with Crippen LogP contribution in [0.3, 0.4) is 0 Å². The molecule has 1 aliphatic heterocycles. The number of halogens is 1. The van der Waals surface area contributed by atoms with Crippen molar-refractivity contribution in [3.63, 3.8) is 0 Å². The Kier molecular flexibility index (Phi) is 5.59. The number of carbonyl (C=O) groups is 1. The molecule has 4 nitrogen and oxygen atoms in total. The zero-order valence-corrected chi connectivity index (χ0v) is 15.1. The van der Waals surface area contributed by atoms with E-state index in [-0.39, 0.29) is 11.8 Å². The second-order valence-electron chi connectivity index (χ2n) is 6.86. The van der Waals surface area contributed by atoms with Crippen molar-refractivity contribution < 1.29 is 4.79 Å². The van der Waals surface area contributed by atoms with Crippen LogP contribution in [0.1, 0.15) is 25.7 Å². The average molecular weight is 380 g/mol. The van der Waals surface area contributed by atoms with Gasteiger partial charge in [-0.25, -0.2) is 0 Å². The minimum Gasteiger partial charge on any atom is -0.371 e. The second kappa shape index (κ2) is 7.67. The molecule has 1 heterocycles. The normalized spacial score (nSPS) is 27.4. The molecule has 1 unspecified atom stereocenters. The van der Waals surface area contributed by atoms with Gasteiger partial charge in [-0.15, -0.1) is 0 Å². The number of anilines is 1. The highest BCUT2D eigenvalue weighted by Crippen LogP contribution is 2.31. The van der Waals surface area contributed by atoms with Crippen molar-refractivity contribution in [1.82, 2.24) is 5.32 Å². The van der Waals surface area contributed by atoms with Gasteiger partial charge in [-0.1, -0.05) is 22.4 Å². The van der Waals surface area contributed by atoms with Gasteiger partial charge < -0.3 is 16.0 Å². The number of carbonyl (C=O) groups excluding carboxylic acids is 1. The second-order valence-corrected chi connectivity index (χ2v) is 7.77. The topological polar surface area (TPSA) is 58.4 Å². The minimum absolute atomic E-state index is 0.143. The number of benzene rings is 1. The Labute approximate surface area is 146 Å². The van der Waals surface area contributed by atoms with Crippen molar-refractivity contribution in [1.29, 1.82) is 0 Å². The van der Waals surface area contributed by atoms with Gasteiger partial charge in [0.1, 0.15) is 0 Å². The van der Waals surface area contributed by atoms with E-state index in [1.165, 1.54) is 5.69 Å². The Balaban J connectivity index is 1.46. The van der Waals surface area contributed by atoms with Gasteiger partial charge in [-0.05, 0) is 61.9 Å². The maximum absolute atomic E-state index is 12.4. The Morgan fingerprint density at radius 2 is 2.04 bits per heavy atom. The summed E-state index contributed by atoms with van der Waals surface area (Å²) in [6.45, 7) is 3.52. The molecule has 5 heteroatoms. The van der Waals surface area contributed by atoms with Gasteiger partial charge in [0, 0.05) is 35.7 Å². The Bertz CT molecular complexity index is 534. The highest BCUT2D eigenvalue weighted by atomic mass is 79.9. The van der Waals surface area contributed by atoms with Gasteiger partial charge in [-0.3, -0.25) is 4.79 Å². The van der Waals surface area contributed by atoms with Crippen molar-refractivity contribution in [3.8, 4) is 0 Å². The summed E-state index contributed by atoms with van der Waals surface area (Å²) in [5.74, 6) is 1.29. The smallest absolute Gasteiger partial charge is 0.223 e. The maximum atomic E-state index is 12.4. The maximum Gasteiger partial charge on any atom is 0.223 e. The first-order chi connectivity index (χ1) is 11.2. The third kappa shape index (κ3) is 4.07. The zero-order valence-electron chi connectivity index (χ0n) is 13.5. The highest BCUT2D eigenvalue weighted by molar-refractivity contribution is 9.10. The number of nitrogens with two attached hydrogens (primary N) is 1. The van der Waals surface area contributed by atoms with Crippen molar-refractivity contribution >= 4 is 27.5 Å². The van der Waals surface area contributed by atoms with Crippen molar-refractivity contribution in [2.75, 3.05) is 31.1 Å². The van der Waals surface area contributed by atoms with Crippen LogP contribution in [0.2, 0.25) is 0 Å². The van der Waals surface area contributed by atoms with E-state index in [2.05, 4.69) is 50.4 Å². The number of amides is 1. The fourth-order valence-electron chi connectivity index (χ4n) is 3.93. The molecule has 3 atom stereocenters. The molecule has 1 amide bonds. The highest BCUT2D eigenvalue weighted by Gasteiger charge is 2.32. The van der Waals surface area contributed by atoms with E-state index < -0.39 is 0 Å². The molecule has 1 aromatic rings. The molecule has 1 aliphatic carbocycles. The largest absolute Gasteiger partial charge is 0.371 e. The van der Waals surface area contributed by atoms with Crippen molar-refractivity contribution in [2.45, 2.75) is 25.7 Å². The Morgan fingerprint density at radius 3 is 2.78 bits per heavy atom.